The SMILES string of the molecule is FC(F)(CN1CCNCC1)c1ccccn1. The lowest BCUT2D eigenvalue weighted by Gasteiger charge is -2.30. The maximum atomic E-state index is 13.8. The van der Waals surface area contributed by atoms with E-state index in [1.807, 2.05) is 0 Å². The molecule has 5 heteroatoms. The molecule has 0 atom stereocenters. The van der Waals surface area contributed by atoms with Gasteiger partial charge in [0.05, 0.1) is 6.54 Å². The summed E-state index contributed by atoms with van der Waals surface area (Å²) in [5.74, 6) is -2.86. The highest BCUT2D eigenvalue weighted by Crippen LogP contribution is 2.26. The first-order valence-corrected chi connectivity index (χ1v) is 5.41. The summed E-state index contributed by atoms with van der Waals surface area (Å²) in [5, 5.41) is 3.14. The van der Waals surface area contributed by atoms with Crippen LogP contribution in [0.5, 0.6) is 0 Å². The van der Waals surface area contributed by atoms with Crippen LogP contribution in [0.15, 0.2) is 24.4 Å². The second-order valence-corrected chi connectivity index (χ2v) is 3.95. The quantitative estimate of drug-likeness (QED) is 0.837. The Balaban J connectivity index is 2.01. The van der Waals surface area contributed by atoms with Crippen LogP contribution < -0.4 is 5.32 Å². The Morgan fingerprint density at radius 2 is 2.06 bits per heavy atom. The Morgan fingerprint density at radius 3 is 2.69 bits per heavy atom. The number of aromatic nitrogens is 1. The van der Waals surface area contributed by atoms with Crippen LogP contribution in [-0.4, -0.2) is 42.6 Å². The Hall–Kier alpha value is -1.07. The molecule has 0 spiro atoms. The smallest absolute Gasteiger partial charge is 0.302 e. The molecule has 0 aromatic carbocycles. The van der Waals surface area contributed by atoms with Crippen LogP contribution in [-0.2, 0) is 5.92 Å². The molecule has 1 saturated heterocycles. The predicted octanol–water partition coefficient (Wildman–Crippen LogP) is 1.08. The molecule has 1 aromatic heterocycles. The average Bonchev–Trinajstić information content (AvgIpc) is 2.31. The number of hydrogen-bond acceptors (Lipinski definition) is 3. The van der Waals surface area contributed by atoms with Gasteiger partial charge in [-0.1, -0.05) is 6.07 Å². The van der Waals surface area contributed by atoms with E-state index >= 15 is 0 Å². The number of piperazine rings is 1. The molecule has 0 amide bonds. The van der Waals surface area contributed by atoms with Crippen LogP contribution in [0.25, 0.3) is 0 Å². The lowest BCUT2D eigenvalue weighted by Crippen LogP contribution is -2.47. The second kappa shape index (κ2) is 4.84. The largest absolute Gasteiger partial charge is 0.314 e. The van der Waals surface area contributed by atoms with Gasteiger partial charge in [-0.25, -0.2) is 0 Å². The van der Waals surface area contributed by atoms with Crippen LogP contribution in [0.3, 0.4) is 0 Å². The summed E-state index contributed by atoms with van der Waals surface area (Å²) in [6.45, 7) is 2.65. The zero-order valence-corrected chi connectivity index (χ0v) is 9.00. The first-order chi connectivity index (χ1) is 7.68. The van der Waals surface area contributed by atoms with E-state index in [9.17, 15) is 8.78 Å². The highest BCUT2D eigenvalue weighted by molar-refractivity contribution is 5.10. The normalized spacial score (nSPS) is 18.6. The van der Waals surface area contributed by atoms with Gasteiger partial charge in [-0.05, 0) is 12.1 Å². The number of nitrogens with one attached hydrogen (secondary N) is 1. The van der Waals surface area contributed by atoms with E-state index in [1.165, 1.54) is 12.3 Å². The predicted molar refractivity (Wildman–Crippen MR) is 57.4 cm³/mol. The fourth-order valence-corrected chi connectivity index (χ4v) is 1.81. The van der Waals surface area contributed by atoms with Crippen molar-refractivity contribution in [2.24, 2.45) is 0 Å². The van der Waals surface area contributed by atoms with Crippen LogP contribution in [0.4, 0.5) is 8.78 Å². The molecule has 0 saturated carbocycles. The van der Waals surface area contributed by atoms with Gasteiger partial charge in [0.15, 0.2) is 0 Å². The molecule has 1 aliphatic heterocycles. The molecule has 0 bridgehead atoms. The van der Waals surface area contributed by atoms with Crippen molar-refractivity contribution in [1.29, 1.82) is 0 Å². The van der Waals surface area contributed by atoms with E-state index in [-0.39, 0.29) is 12.2 Å². The van der Waals surface area contributed by atoms with E-state index in [1.54, 1.807) is 17.0 Å². The van der Waals surface area contributed by atoms with Crippen molar-refractivity contribution in [3.8, 4) is 0 Å². The van der Waals surface area contributed by atoms with E-state index in [2.05, 4.69) is 10.3 Å². The van der Waals surface area contributed by atoms with Gasteiger partial charge in [0, 0.05) is 32.4 Å². The number of hydrogen-bond donors (Lipinski definition) is 1. The van der Waals surface area contributed by atoms with E-state index < -0.39 is 5.92 Å². The minimum absolute atomic E-state index is 0.145. The summed E-state index contributed by atoms with van der Waals surface area (Å²) in [5.41, 5.74) is -0.145. The van der Waals surface area contributed by atoms with Gasteiger partial charge in [0.1, 0.15) is 5.69 Å². The molecule has 16 heavy (non-hydrogen) atoms. The van der Waals surface area contributed by atoms with Gasteiger partial charge in [0.25, 0.3) is 0 Å². The van der Waals surface area contributed by atoms with E-state index in [0.29, 0.717) is 13.1 Å². The maximum Gasteiger partial charge on any atom is 0.302 e. The third-order valence-electron chi connectivity index (χ3n) is 2.67. The number of alkyl halides is 2. The molecule has 0 aliphatic carbocycles. The van der Waals surface area contributed by atoms with Gasteiger partial charge in [0.2, 0.25) is 0 Å². The van der Waals surface area contributed by atoms with Crippen LogP contribution in [0.2, 0.25) is 0 Å². The zero-order valence-electron chi connectivity index (χ0n) is 9.00. The lowest BCUT2D eigenvalue weighted by molar-refractivity contribution is -0.0437. The summed E-state index contributed by atoms with van der Waals surface area (Å²) in [6.07, 6.45) is 1.40. The molecule has 1 fully saturated rings. The van der Waals surface area contributed by atoms with Gasteiger partial charge in [-0.3, -0.25) is 9.88 Å². The average molecular weight is 227 g/mol. The van der Waals surface area contributed by atoms with Crippen LogP contribution >= 0.6 is 0 Å². The molecule has 1 aliphatic rings. The molecule has 1 N–H and O–H groups in total. The highest BCUT2D eigenvalue weighted by Gasteiger charge is 2.35. The molecule has 2 rings (SSSR count). The maximum absolute atomic E-state index is 13.8. The molecule has 2 heterocycles. The second-order valence-electron chi connectivity index (χ2n) is 3.95. The van der Waals surface area contributed by atoms with E-state index in [0.717, 1.165) is 13.1 Å². The number of nitrogens with zero attached hydrogens (tertiary/aromatic N) is 2. The summed E-state index contributed by atoms with van der Waals surface area (Å²) >= 11 is 0. The lowest BCUT2D eigenvalue weighted by atomic mass is 10.2. The molecule has 1 aromatic rings. The fraction of sp³-hybridized carbons (Fsp3) is 0.545. The van der Waals surface area contributed by atoms with Gasteiger partial charge in [-0.15, -0.1) is 0 Å². The number of halogens is 2. The summed E-state index contributed by atoms with van der Waals surface area (Å²) in [4.78, 5) is 5.49. The third-order valence-corrected chi connectivity index (χ3v) is 2.67. The van der Waals surface area contributed by atoms with Gasteiger partial charge < -0.3 is 5.32 Å². The van der Waals surface area contributed by atoms with Crippen molar-refractivity contribution in [1.82, 2.24) is 15.2 Å². The molecule has 0 radical (unpaired) electrons. The highest BCUT2D eigenvalue weighted by atomic mass is 19.3. The van der Waals surface area contributed by atoms with E-state index in [4.69, 9.17) is 0 Å². The number of rotatable bonds is 3. The minimum atomic E-state index is -2.86. The Bertz CT molecular complexity index is 323. The summed E-state index contributed by atoms with van der Waals surface area (Å²) in [6, 6.07) is 4.61. The van der Waals surface area contributed by atoms with Crippen LogP contribution in [0, 0.1) is 0 Å². The van der Waals surface area contributed by atoms with Crippen molar-refractivity contribution in [2.45, 2.75) is 5.92 Å². The molecular weight excluding hydrogens is 212 g/mol. The zero-order chi connectivity index (χ0) is 11.4. The number of pyridine rings is 1. The van der Waals surface area contributed by atoms with Crippen LogP contribution in [0.1, 0.15) is 5.69 Å². The minimum Gasteiger partial charge on any atom is -0.314 e. The summed E-state index contributed by atoms with van der Waals surface area (Å²) in [7, 11) is 0. The van der Waals surface area contributed by atoms with Gasteiger partial charge in [-0.2, -0.15) is 8.78 Å². The van der Waals surface area contributed by atoms with Gasteiger partial charge >= 0.3 is 5.92 Å². The monoisotopic (exact) mass is 227 g/mol. The summed E-state index contributed by atoms with van der Waals surface area (Å²) < 4.78 is 27.6. The molecule has 3 nitrogen and oxygen atoms in total. The topological polar surface area (TPSA) is 28.2 Å². The molecule has 88 valence electrons. The molecular formula is C11H15F2N3. The first-order valence-electron chi connectivity index (χ1n) is 5.41. The van der Waals surface area contributed by atoms with Crippen molar-refractivity contribution < 1.29 is 8.78 Å². The Morgan fingerprint density at radius 1 is 1.31 bits per heavy atom. The van der Waals surface area contributed by atoms with Crippen molar-refractivity contribution in [3.63, 3.8) is 0 Å². The van der Waals surface area contributed by atoms with Crippen molar-refractivity contribution >= 4 is 0 Å². The Labute approximate surface area is 93.5 Å². The molecule has 0 unspecified atom stereocenters. The van der Waals surface area contributed by atoms with Crippen molar-refractivity contribution in [3.05, 3.63) is 30.1 Å². The standard InChI is InChI=1S/C11H15F2N3/c12-11(13,10-3-1-2-4-15-10)9-16-7-5-14-6-8-16/h1-4,14H,5-9H2. The van der Waals surface area contributed by atoms with Crippen molar-refractivity contribution in [2.75, 3.05) is 32.7 Å². The fourth-order valence-electron chi connectivity index (χ4n) is 1.81. The third kappa shape index (κ3) is 2.74. The first kappa shape index (κ1) is 11.4. The Kier molecular flexibility index (Phi) is 3.46.